The molecule has 1 aliphatic rings. The van der Waals surface area contributed by atoms with Gasteiger partial charge in [-0.15, -0.1) is 0 Å². The highest BCUT2D eigenvalue weighted by Gasteiger charge is 2.24. The van der Waals surface area contributed by atoms with Crippen LogP contribution in [0.4, 0.5) is 10.1 Å². The lowest BCUT2D eigenvalue weighted by Gasteiger charge is -2.30. The highest BCUT2D eigenvalue weighted by atomic mass is 32.2. The van der Waals surface area contributed by atoms with E-state index in [-0.39, 0.29) is 11.9 Å². The second-order valence-corrected chi connectivity index (χ2v) is 6.72. The first-order valence-corrected chi connectivity index (χ1v) is 8.54. The van der Waals surface area contributed by atoms with Gasteiger partial charge in [-0.3, -0.25) is 0 Å². The van der Waals surface area contributed by atoms with Crippen molar-refractivity contribution in [2.45, 2.75) is 39.3 Å². The zero-order valence-electron chi connectivity index (χ0n) is 12.9. The Morgan fingerprint density at radius 1 is 1.50 bits per heavy atom. The highest BCUT2D eigenvalue weighted by Crippen LogP contribution is 2.33. The van der Waals surface area contributed by atoms with E-state index in [1.54, 1.807) is 6.07 Å². The lowest BCUT2D eigenvalue weighted by atomic mass is 10.0. The van der Waals surface area contributed by atoms with Crippen LogP contribution in [-0.2, 0) is 0 Å². The van der Waals surface area contributed by atoms with Crippen molar-refractivity contribution in [3.63, 3.8) is 0 Å². The van der Waals surface area contributed by atoms with Crippen molar-refractivity contribution >= 4 is 17.4 Å². The van der Waals surface area contributed by atoms with Crippen LogP contribution in [0.2, 0.25) is 0 Å². The molecule has 1 N–H and O–H groups in total. The quantitative estimate of drug-likeness (QED) is 0.891. The third-order valence-corrected chi connectivity index (χ3v) is 5.26. The van der Waals surface area contributed by atoms with Crippen molar-refractivity contribution in [2.24, 2.45) is 0 Å². The second kappa shape index (κ2) is 6.81. The van der Waals surface area contributed by atoms with Crippen LogP contribution in [0.5, 0.6) is 0 Å². The first-order valence-electron chi connectivity index (χ1n) is 7.38. The molecule has 1 fully saturated rings. The molecule has 2 rings (SSSR count). The average molecular weight is 296 g/mol. The Kier molecular flexibility index (Phi) is 5.33. The topological polar surface area (TPSA) is 15.3 Å². The fourth-order valence-electron chi connectivity index (χ4n) is 2.77. The number of nitrogens with zero attached hydrogens (tertiary/aromatic N) is 1. The number of nitrogens with one attached hydrogen (secondary N) is 1. The van der Waals surface area contributed by atoms with E-state index in [0.29, 0.717) is 6.04 Å². The third-order valence-electron chi connectivity index (χ3n) is 4.12. The zero-order chi connectivity index (χ0) is 14.7. The summed E-state index contributed by atoms with van der Waals surface area (Å²) >= 11 is 2.01. The Bertz CT molecular complexity index is 458. The normalized spacial score (nSPS) is 20.1. The van der Waals surface area contributed by atoms with Crippen LogP contribution in [0.3, 0.4) is 0 Å². The van der Waals surface area contributed by atoms with Crippen molar-refractivity contribution in [1.29, 1.82) is 0 Å². The van der Waals surface area contributed by atoms with Gasteiger partial charge in [-0.2, -0.15) is 11.8 Å². The summed E-state index contributed by atoms with van der Waals surface area (Å²) in [7, 11) is 2.14. The molecule has 112 valence electrons. The number of hydrogen-bond donors (Lipinski definition) is 1. The number of halogens is 1. The largest absolute Gasteiger partial charge is 0.370 e. The van der Waals surface area contributed by atoms with Crippen molar-refractivity contribution in [1.82, 2.24) is 5.32 Å². The van der Waals surface area contributed by atoms with Crippen LogP contribution in [0, 0.1) is 12.7 Å². The molecule has 0 aliphatic carbocycles. The summed E-state index contributed by atoms with van der Waals surface area (Å²) < 4.78 is 14.0. The summed E-state index contributed by atoms with van der Waals surface area (Å²) in [5, 5.41) is 3.40. The zero-order valence-corrected chi connectivity index (χ0v) is 13.7. The standard InChI is InChI=1S/C16H25FN2S/c1-5-18-12(3)14-9-15(17)11(2)8-16(14)19(4)13-6-7-20-10-13/h8-9,12-13,18H,5-7,10H2,1-4H3. The summed E-state index contributed by atoms with van der Waals surface area (Å²) in [6.07, 6.45) is 1.21. The Labute approximate surface area is 126 Å². The summed E-state index contributed by atoms with van der Waals surface area (Å²) in [4.78, 5) is 2.34. The fourth-order valence-corrected chi connectivity index (χ4v) is 4.04. The summed E-state index contributed by atoms with van der Waals surface area (Å²) in [6.45, 7) is 6.92. The van der Waals surface area contributed by atoms with E-state index >= 15 is 0 Å². The van der Waals surface area contributed by atoms with Gasteiger partial charge in [0.15, 0.2) is 0 Å². The van der Waals surface area contributed by atoms with Crippen molar-refractivity contribution < 1.29 is 4.39 Å². The van der Waals surface area contributed by atoms with Gasteiger partial charge in [-0.1, -0.05) is 6.92 Å². The molecule has 1 saturated heterocycles. The van der Waals surface area contributed by atoms with Gasteiger partial charge >= 0.3 is 0 Å². The first kappa shape index (κ1) is 15.6. The number of anilines is 1. The first-order chi connectivity index (χ1) is 9.54. The molecule has 4 heteroatoms. The molecule has 1 aromatic rings. The van der Waals surface area contributed by atoms with Gasteiger partial charge in [0.05, 0.1) is 0 Å². The summed E-state index contributed by atoms with van der Waals surface area (Å²) in [6, 6.07) is 4.44. The number of thioether (sulfide) groups is 1. The van der Waals surface area contributed by atoms with E-state index in [1.165, 1.54) is 23.6 Å². The van der Waals surface area contributed by atoms with Gasteiger partial charge in [0.1, 0.15) is 5.82 Å². The maximum Gasteiger partial charge on any atom is 0.126 e. The molecule has 1 aromatic carbocycles. The van der Waals surface area contributed by atoms with Crippen LogP contribution >= 0.6 is 11.8 Å². The number of benzene rings is 1. The van der Waals surface area contributed by atoms with Crippen molar-refractivity contribution in [3.8, 4) is 0 Å². The van der Waals surface area contributed by atoms with Crippen LogP contribution in [0.15, 0.2) is 12.1 Å². The van der Waals surface area contributed by atoms with Gasteiger partial charge in [-0.25, -0.2) is 4.39 Å². The Hall–Kier alpha value is -0.740. The van der Waals surface area contributed by atoms with E-state index in [0.717, 1.165) is 17.7 Å². The molecule has 2 nitrogen and oxygen atoms in total. The SMILES string of the molecule is CCNC(C)c1cc(F)c(C)cc1N(C)C1CCSC1. The summed E-state index contributed by atoms with van der Waals surface area (Å²) in [5.74, 6) is 2.29. The molecule has 0 saturated carbocycles. The highest BCUT2D eigenvalue weighted by molar-refractivity contribution is 7.99. The lowest BCUT2D eigenvalue weighted by Crippen LogP contribution is -2.33. The predicted molar refractivity (Wildman–Crippen MR) is 87.4 cm³/mol. The van der Waals surface area contributed by atoms with Crippen molar-refractivity contribution in [3.05, 3.63) is 29.1 Å². The van der Waals surface area contributed by atoms with Crippen LogP contribution in [0.25, 0.3) is 0 Å². The monoisotopic (exact) mass is 296 g/mol. The molecule has 0 radical (unpaired) electrons. The molecular formula is C16H25FN2S. The van der Waals surface area contributed by atoms with Gasteiger partial charge < -0.3 is 10.2 Å². The molecule has 0 aromatic heterocycles. The average Bonchev–Trinajstić information content (AvgIpc) is 2.94. The number of rotatable bonds is 5. The van der Waals surface area contributed by atoms with Crippen molar-refractivity contribution in [2.75, 3.05) is 30.0 Å². The molecule has 0 spiro atoms. The smallest absolute Gasteiger partial charge is 0.126 e. The Morgan fingerprint density at radius 3 is 2.85 bits per heavy atom. The van der Waals surface area contributed by atoms with Gasteiger partial charge in [0, 0.05) is 30.6 Å². The second-order valence-electron chi connectivity index (χ2n) is 5.57. The number of aryl methyl sites for hydroxylation is 1. The molecular weight excluding hydrogens is 271 g/mol. The minimum Gasteiger partial charge on any atom is -0.370 e. The molecule has 0 bridgehead atoms. The molecule has 2 unspecified atom stereocenters. The molecule has 1 heterocycles. The maximum absolute atomic E-state index is 14.0. The Morgan fingerprint density at radius 2 is 2.25 bits per heavy atom. The van der Waals surface area contributed by atoms with Gasteiger partial charge in [-0.05, 0) is 55.8 Å². The van der Waals surface area contributed by atoms with Crippen LogP contribution in [0.1, 0.15) is 37.4 Å². The Balaban J connectivity index is 2.35. The summed E-state index contributed by atoms with van der Waals surface area (Å²) in [5.41, 5.74) is 2.96. The minimum absolute atomic E-state index is 0.109. The van der Waals surface area contributed by atoms with E-state index in [1.807, 2.05) is 24.8 Å². The lowest BCUT2D eigenvalue weighted by molar-refractivity contribution is 0.575. The third kappa shape index (κ3) is 3.29. The minimum atomic E-state index is -0.109. The van der Waals surface area contributed by atoms with E-state index < -0.39 is 0 Å². The number of hydrogen-bond acceptors (Lipinski definition) is 3. The van der Waals surface area contributed by atoms with Crippen LogP contribution in [-0.4, -0.2) is 31.1 Å². The van der Waals surface area contributed by atoms with Gasteiger partial charge in [0.25, 0.3) is 0 Å². The molecule has 20 heavy (non-hydrogen) atoms. The van der Waals surface area contributed by atoms with E-state index in [9.17, 15) is 4.39 Å². The fraction of sp³-hybridized carbons (Fsp3) is 0.625. The maximum atomic E-state index is 14.0. The predicted octanol–water partition coefficient (Wildman–Crippen LogP) is 3.75. The molecule has 0 amide bonds. The molecule has 2 atom stereocenters. The van der Waals surface area contributed by atoms with E-state index in [2.05, 4.69) is 31.1 Å². The van der Waals surface area contributed by atoms with E-state index in [4.69, 9.17) is 0 Å². The molecule has 1 aliphatic heterocycles. The van der Waals surface area contributed by atoms with Crippen LogP contribution < -0.4 is 10.2 Å². The van der Waals surface area contributed by atoms with Gasteiger partial charge in [0.2, 0.25) is 0 Å².